The molecule has 0 spiro atoms. The van der Waals surface area contributed by atoms with E-state index < -0.39 is 0 Å². The van der Waals surface area contributed by atoms with Crippen LogP contribution in [0.2, 0.25) is 0 Å². The van der Waals surface area contributed by atoms with Crippen molar-refractivity contribution in [2.75, 3.05) is 33.3 Å². The number of likely N-dealkylation sites (N-methyl/N-ethyl adjacent to an activating group) is 1. The maximum atomic E-state index is 9.80. The van der Waals surface area contributed by atoms with Gasteiger partial charge in [0.05, 0.1) is 6.61 Å². The largest absolute Gasteiger partial charge is 0.394 e. The number of aliphatic hydroxyl groups is 1. The van der Waals surface area contributed by atoms with Crippen molar-refractivity contribution in [3.05, 3.63) is 0 Å². The van der Waals surface area contributed by atoms with E-state index in [0.29, 0.717) is 12.5 Å². The smallest absolute Gasteiger partial charge is 0.0616 e. The van der Waals surface area contributed by atoms with E-state index in [1.807, 2.05) is 0 Å². The predicted octanol–water partition coefficient (Wildman–Crippen LogP) is 2.10. The average molecular weight is 268 g/mol. The molecule has 0 aromatic carbocycles. The fourth-order valence-corrected chi connectivity index (χ4v) is 3.94. The Labute approximate surface area is 118 Å². The Morgan fingerprint density at radius 2 is 2.16 bits per heavy atom. The molecule has 3 heteroatoms. The van der Waals surface area contributed by atoms with Gasteiger partial charge in [-0.2, -0.15) is 0 Å². The summed E-state index contributed by atoms with van der Waals surface area (Å²) in [6.07, 6.45) is 6.34. The fourth-order valence-electron chi connectivity index (χ4n) is 3.94. The second-order valence-electron chi connectivity index (χ2n) is 6.96. The minimum atomic E-state index is 0.0163. The van der Waals surface area contributed by atoms with Gasteiger partial charge in [-0.25, -0.2) is 0 Å². The van der Waals surface area contributed by atoms with Crippen LogP contribution in [0.3, 0.4) is 0 Å². The summed E-state index contributed by atoms with van der Waals surface area (Å²) in [7, 11) is 2.26. The molecular formula is C16H32N2O. The van der Waals surface area contributed by atoms with Gasteiger partial charge < -0.3 is 15.3 Å². The van der Waals surface area contributed by atoms with Gasteiger partial charge in [0, 0.05) is 12.1 Å². The van der Waals surface area contributed by atoms with Gasteiger partial charge >= 0.3 is 0 Å². The molecule has 0 saturated heterocycles. The van der Waals surface area contributed by atoms with E-state index in [-0.39, 0.29) is 5.54 Å². The van der Waals surface area contributed by atoms with Gasteiger partial charge in [0.15, 0.2) is 0 Å². The molecular weight excluding hydrogens is 236 g/mol. The summed E-state index contributed by atoms with van der Waals surface area (Å²) in [5, 5.41) is 13.4. The highest BCUT2D eigenvalue weighted by atomic mass is 16.3. The predicted molar refractivity (Wildman–Crippen MR) is 80.2 cm³/mol. The van der Waals surface area contributed by atoms with E-state index >= 15 is 0 Å². The van der Waals surface area contributed by atoms with Crippen LogP contribution >= 0.6 is 0 Å². The van der Waals surface area contributed by atoms with Crippen LogP contribution in [0.1, 0.15) is 46.0 Å². The zero-order valence-electron chi connectivity index (χ0n) is 13.0. The van der Waals surface area contributed by atoms with E-state index in [9.17, 15) is 5.11 Å². The summed E-state index contributed by atoms with van der Waals surface area (Å²) in [6.45, 7) is 8.22. The molecule has 2 rings (SSSR count). The highest BCUT2D eigenvalue weighted by molar-refractivity contribution is 4.99. The van der Waals surface area contributed by atoms with Crippen LogP contribution in [0.5, 0.6) is 0 Å². The molecule has 0 aromatic rings. The zero-order valence-corrected chi connectivity index (χ0v) is 13.0. The minimum absolute atomic E-state index is 0.0163. The molecule has 112 valence electrons. The van der Waals surface area contributed by atoms with E-state index in [4.69, 9.17) is 0 Å². The number of nitrogens with one attached hydrogen (secondary N) is 1. The third-order valence-corrected chi connectivity index (χ3v) is 5.45. The summed E-state index contributed by atoms with van der Waals surface area (Å²) in [5.41, 5.74) is 0.0163. The van der Waals surface area contributed by atoms with Crippen molar-refractivity contribution in [1.29, 1.82) is 0 Å². The molecule has 0 aliphatic heterocycles. The SMILES string of the molecule is CCNC1(CO)CCCC1CCN(C)CC1CC1C. The molecule has 3 nitrogen and oxygen atoms in total. The maximum Gasteiger partial charge on any atom is 0.0616 e. The molecule has 2 aliphatic rings. The first-order valence-electron chi connectivity index (χ1n) is 8.15. The summed E-state index contributed by atoms with van der Waals surface area (Å²) in [5.74, 6) is 2.55. The second-order valence-corrected chi connectivity index (χ2v) is 6.96. The first-order chi connectivity index (χ1) is 9.11. The maximum absolute atomic E-state index is 9.80. The molecule has 0 radical (unpaired) electrons. The Balaban J connectivity index is 1.77. The van der Waals surface area contributed by atoms with Crippen molar-refractivity contribution < 1.29 is 5.11 Å². The minimum Gasteiger partial charge on any atom is -0.394 e. The molecule has 19 heavy (non-hydrogen) atoms. The molecule has 2 fully saturated rings. The lowest BCUT2D eigenvalue weighted by molar-refractivity contribution is 0.114. The Hall–Kier alpha value is -0.120. The molecule has 4 unspecified atom stereocenters. The van der Waals surface area contributed by atoms with Gasteiger partial charge in [-0.1, -0.05) is 20.3 Å². The van der Waals surface area contributed by atoms with E-state index in [1.165, 1.54) is 38.8 Å². The van der Waals surface area contributed by atoms with Crippen LogP contribution in [0.25, 0.3) is 0 Å². The number of hydrogen-bond donors (Lipinski definition) is 2. The van der Waals surface area contributed by atoms with Gasteiger partial charge in [-0.15, -0.1) is 0 Å². The Morgan fingerprint density at radius 1 is 1.42 bits per heavy atom. The molecule has 0 heterocycles. The Kier molecular flexibility index (Phi) is 5.27. The van der Waals surface area contributed by atoms with Crippen LogP contribution in [0.15, 0.2) is 0 Å². The first kappa shape index (κ1) is 15.3. The normalized spacial score (nSPS) is 38.1. The van der Waals surface area contributed by atoms with Crippen LogP contribution < -0.4 is 5.32 Å². The lowest BCUT2D eigenvalue weighted by atomic mass is 9.85. The molecule has 0 amide bonds. The number of nitrogens with zero attached hydrogens (tertiary/aromatic N) is 1. The monoisotopic (exact) mass is 268 g/mol. The van der Waals surface area contributed by atoms with Crippen LogP contribution in [-0.4, -0.2) is 48.8 Å². The first-order valence-corrected chi connectivity index (χ1v) is 8.15. The molecule has 2 aliphatic carbocycles. The Bertz CT molecular complexity index is 284. The fraction of sp³-hybridized carbons (Fsp3) is 1.00. The van der Waals surface area contributed by atoms with Crippen molar-refractivity contribution in [2.24, 2.45) is 17.8 Å². The standard InChI is InChI=1S/C16H32N2O/c1-4-17-16(12-19)8-5-6-15(16)7-9-18(3)11-14-10-13(14)2/h13-15,17,19H,4-12H2,1-3H3. The topological polar surface area (TPSA) is 35.5 Å². The number of hydrogen-bond acceptors (Lipinski definition) is 3. The van der Waals surface area contributed by atoms with Gasteiger partial charge in [-0.05, 0) is 63.6 Å². The average Bonchev–Trinajstić information content (AvgIpc) is 2.91. The molecule has 2 saturated carbocycles. The zero-order chi connectivity index (χ0) is 13.9. The van der Waals surface area contributed by atoms with Crippen molar-refractivity contribution in [3.8, 4) is 0 Å². The molecule has 2 N–H and O–H groups in total. The summed E-state index contributed by atoms with van der Waals surface area (Å²) in [4.78, 5) is 2.50. The highest BCUT2D eigenvalue weighted by Crippen LogP contribution is 2.39. The molecule has 0 bridgehead atoms. The number of rotatable bonds is 8. The van der Waals surface area contributed by atoms with E-state index in [1.54, 1.807) is 0 Å². The van der Waals surface area contributed by atoms with Gasteiger partial charge in [0.25, 0.3) is 0 Å². The lowest BCUT2D eigenvalue weighted by Crippen LogP contribution is -2.51. The van der Waals surface area contributed by atoms with Crippen molar-refractivity contribution in [3.63, 3.8) is 0 Å². The molecule has 4 atom stereocenters. The summed E-state index contributed by atoms with van der Waals surface area (Å²) in [6, 6.07) is 0. The quantitative estimate of drug-likeness (QED) is 0.708. The van der Waals surface area contributed by atoms with E-state index in [0.717, 1.165) is 24.8 Å². The van der Waals surface area contributed by atoms with Crippen LogP contribution in [-0.2, 0) is 0 Å². The van der Waals surface area contributed by atoms with Gasteiger partial charge in [-0.3, -0.25) is 0 Å². The summed E-state index contributed by atoms with van der Waals surface area (Å²) < 4.78 is 0. The third-order valence-electron chi connectivity index (χ3n) is 5.45. The van der Waals surface area contributed by atoms with E-state index in [2.05, 4.69) is 31.1 Å². The molecule has 0 aromatic heterocycles. The Morgan fingerprint density at radius 3 is 2.74 bits per heavy atom. The summed E-state index contributed by atoms with van der Waals surface area (Å²) >= 11 is 0. The second kappa shape index (κ2) is 6.55. The lowest BCUT2D eigenvalue weighted by Gasteiger charge is -2.35. The van der Waals surface area contributed by atoms with Crippen molar-refractivity contribution >= 4 is 0 Å². The van der Waals surface area contributed by atoms with Crippen molar-refractivity contribution in [1.82, 2.24) is 10.2 Å². The van der Waals surface area contributed by atoms with Crippen LogP contribution in [0.4, 0.5) is 0 Å². The highest BCUT2D eigenvalue weighted by Gasteiger charge is 2.41. The van der Waals surface area contributed by atoms with Crippen molar-refractivity contribution in [2.45, 2.75) is 51.5 Å². The number of aliphatic hydroxyl groups excluding tert-OH is 1. The third kappa shape index (κ3) is 3.71. The van der Waals surface area contributed by atoms with Gasteiger partial charge in [0.1, 0.15) is 0 Å². The van der Waals surface area contributed by atoms with Crippen LogP contribution in [0, 0.1) is 17.8 Å². The van der Waals surface area contributed by atoms with Gasteiger partial charge in [0.2, 0.25) is 0 Å².